The van der Waals surface area contributed by atoms with Crippen LogP contribution < -0.4 is 5.32 Å². The van der Waals surface area contributed by atoms with Crippen molar-refractivity contribution < 1.29 is 9.13 Å². The Kier molecular flexibility index (Phi) is 5.64. The highest BCUT2D eigenvalue weighted by atomic mass is 35.5. The lowest BCUT2D eigenvalue weighted by Crippen LogP contribution is -2.43. The molecule has 1 saturated carbocycles. The van der Waals surface area contributed by atoms with Crippen LogP contribution in [0.5, 0.6) is 0 Å². The van der Waals surface area contributed by atoms with Crippen molar-refractivity contribution in [3.63, 3.8) is 0 Å². The second-order valence-corrected chi connectivity index (χ2v) is 6.48. The molecule has 0 spiro atoms. The van der Waals surface area contributed by atoms with E-state index in [1.54, 1.807) is 14.0 Å². The van der Waals surface area contributed by atoms with Gasteiger partial charge < -0.3 is 10.1 Å². The Morgan fingerprint density at radius 3 is 2.67 bits per heavy atom. The zero-order chi connectivity index (χ0) is 15.5. The first kappa shape index (κ1) is 16.7. The summed E-state index contributed by atoms with van der Waals surface area (Å²) in [4.78, 5) is 0. The molecular weight excluding hydrogens is 289 g/mol. The number of benzene rings is 1. The van der Waals surface area contributed by atoms with Crippen LogP contribution in [0.1, 0.15) is 56.2 Å². The highest BCUT2D eigenvalue weighted by molar-refractivity contribution is 6.31. The Morgan fingerprint density at radius 2 is 2.14 bits per heavy atom. The standard InChI is InChI=1S/C17H25ClFNO/c1-4-8-20-16(11-17(21-3)6-5-7-17)13-9-12(2)15(19)10-14(13)18/h9-10,16,20H,4-8,11H2,1-3H3. The minimum atomic E-state index is -0.247. The molecule has 4 heteroatoms. The molecule has 2 rings (SSSR count). The third kappa shape index (κ3) is 3.77. The number of ether oxygens (including phenoxy) is 1. The van der Waals surface area contributed by atoms with Crippen LogP contribution in [0.3, 0.4) is 0 Å². The largest absolute Gasteiger partial charge is 0.378 e. The van der Waals surface area contributed by atoms with E-state index in [-0.39, 0.29) is 17.5 Å². The molecule has 0 saturated heterocycles. The van der Waals surface area contributed by atoms with Crippen LogP contribution in [0, 0.1) is 12.7 Å². The fraction of sp³-hybridized carbons (Fsp3) is 0.647. The molecule has 0 aromatic heterocycles. The summed E-state index contributed by atoms with van der Waals surface area (Å²) in [6.45, 7) is 4.83. The lowest BCUT2D eigenvalue weighted by Gasteiger charge is -2.43. The van der Waals surface area contributed by atoms with Crippen LogP contribution in [0.2, 0.25) is 5.02 Å². The molecule has 1 N–H and O–H groups in total. The number of aryl methyl sites for hydroxylation is 1. The Labute approximate surface area is 132 Å². The molecule has 118 valence electrons. The lowest BCUT2D eigenvalue weighted by molar-refractivity contribution is -0.0838. The maximum atomic E-state index is 13.6. The van der Waals surface area contributed by atoms with Gasteiger partial charge in [0, 0.05) is 18.2 Å². The summed E-state index contributed by atoms with van der Waals surface area (Å²) < 4.78 is 19.4. The van der Waals surface area contributed by atoms with Crippen molar-refractivity contribution in [3.8, 4) is 0 Å². The maximum Gasteiger partial charge on any atom is 0.127 e. The van der Waals surface area contributed by atoms with Crippen LogP contribution in [-0.2, 0) is 4.74 Å². The summed E-state index contributed by atoms with van der Waals surface area (Å²) in [5.41, 5.74) is 1.57. The molecule has 1 aliphatic rings. The summed E-state index contributed by atoms with van der Waals surface area (Å²) in [5, 5.41) is 4.04. The fourth-order valence-electron chi connectivity index (χ4n) is 2.99. The van der Waals surface area contributed by atoms with E-state index in [2.05, 4.69) is 12.2 Å². The van der Waals surface area contributed by atoms with E-state index < -0.39 is 0 Å². The van der Waals surface area contributed by atoms with Gasteiger partial charge in [-0.05, 0) is 62.8 Å². The Morgan fingerprint density at radius 1 is 1.43 bits per heavy atom. The number of nitrogens with one attached hydrogen (secondary N) is 1. The van der Waals surface area contributed by atoms with E-state index in [0.29, 0.717) is 10.6 Å². The molecule has 1 aliphatic carbocycles. The van der Waals surface area contributed by atoms with E-state index in [4.69, 9.17) is 16.3 Å². The Bertz CT molecular complexity index is 482. The van der Waals surface area contributed by atoms with Gasteiger partial charge in [-0.3, -0.25) is 0 Å². The molecule has 0 amide bonds. The maximum absolute atomic E-state index is 13.6. The Hall–Kier alpha value is -0.640. The van der Waals surface area contributed by atoms with E-state index >= 15 is 0 Å². The van der Waals surface area contributed by atoms with Crippen molar-refractivity contribution in [3.05, 3.63) is 34.1 Å². The van der Waals surface area contributed by atoms with E-state index in [1.165, 1.54) is 12.5 Å². The SMILES string of the molecule is CCCNC(CC1(OC)CCC1)c1cc(C)c(F)cc1Cl. The van der Waals surface area contributed by atoms with Crippen LogP contribution >= 0.6 is 11.6 Å². The van der Waals surface area contributed by atoms with Gasteiger partial charge in [0.1, 0.15) is 5.82 Å². The average molecular weight is 314 g/mol. The second kappa shape index (κ2) is 7.08. The number of halogens is 2. The summed E-state index contributed by atoms with van der Waals surface area (Å²) >= 11 is 6.29. The summed E-state index contributed by atoms with van der Waals surface area (Å²) in [5.74, 6) is -0.247. The normalized spacial score (nSPS) is 18.3. The van der Waals surface area contributed by atoms with Crippen molar-refractivity contribution in [2.45, 2.75) is 57.6 Å². The molecule has 1 fully saturated rings. The van der Waals surface area contributed by atoms with Crippen LogP contribution in [-0.4, -0.2) is 19.3 Å². The van der Waals surface area contributed by atoms with Gasteiger partial charge in [0.15, 0.2) is 0 Å². The predicted octanol–water partition coefficient (Wildman–Crippen LogP) is 4.79. The van der Waals surface area contributed by atoms with Gasteiger partial charge in [-0.2, -0.15) is 0 Å². The molecule has 2 nitrogen and oxygen atoms in total. The molecular formula is C17H25ClFNO. The first-order valence-corrected chi connectivity index (χ1v) is 8.13. The minimum Gasteiger partial charge on any atom is -0.378 e. The van der Waals surface area contributed by atoms with Crippen molar-refractivity contribution in [2.24, 2.45) is 0 Å². The summed E-state index contributed by atoms with van der Waals surface area (Å²) in [6.07, 6.45) is 5.32. The third-order valence-electron chi connectivity index (χ3n) is 4.57. The number of hydrogen-bond acceptors (Lipinski definition) is 2. The van der Waals surface area contributed by atoms with Crippen LogP contribution in [0.4, 0.5) is 4.39 Å². The average Bonchev–Trinajstić information content (AvgIpc) is 2.42. The van der Waals surface area contributed by atoms with Crippen LogP contribution in [0.25, 0.3) is 0 Å². The molecule has 1 aromatic carbocycles. The van der Waals surface area contributed by atoms with Gasteiger partial charge in [-0.15, -0.1) is 0 Å². The molecule has 21 heavy (non-hydrogen) atoms. The zero-order valence-corrected chi connectivity index (χ0v) is 13.9. The van der Waals surface area contributed by atoms with E-state index in [1.807, 2.05) is 6.07 Å². The van der Waals surface area contributed by atoms with Crippen molar-refractivity contribution in [1.29, 1.82) is 0 Å². The van der Waals surface area contributed by atoms with Gasteiger partial charge in [0.25, 0.3) is 0 Å². The van der Waals surface area contributed by atoms with E-state index in [9.17, 15) is 4.39 Å². The monoisotopic (exact) mass is 313 g/mol. The van der Waals surface area contributed by atoms with Gasteiger partial charge in [-0.1, -0.05) is 24.6 Å². The molecule has 1 atom stereocenters. The van der Waals surface area contributed by atoms with E-state index in [0.717, 1.165) is 37.8 Å². The van der Waals surface area contributed by atoms with Crippen molar-refractivity contribution in [1.82, 2.24) is 5.32 Å². The Balaban J connectivity index is 2.25. The molecule has 0 aliphatic heterocycles. The highest BCUT2D eigenvalue weighted by Gasteiger charge is 2.39. The summed E-state index contributed by atoms with van der Waals surface area (Å²) in [6, 6.07) is 3.40. The summed E-state index contributed by atoms with van der Waals surface area (Å²) in [7, 11) is 1.79. The second-order valence-electron chi connectivity index (χ2n) is 6.07. The number of methoxy groups -OCH3 is 1. The topological polar surface area (TPSA) is 21.3 Å². The highest BCUT2D eigenvalue weighted by Crippen LogP contribution is 2.43. The first-order chi connectivity index (χ1) is 10.0. The number of hydrogen-bond donors (Lipinski definition) is 1. The minimum absolute atomic E-state index is 0.0446. The lowest BCUT2D eigenvalue weighted by atomic mass is 9.74. The molecule has 0 heterocycles. The smallest absolute Gasteiger partial charge is 0.127 e. The molecule has 0 bridgehead atoms. The fourth-order valence-corrected chi connectivity index (χ4v) is 3.27. The molecule has 1 aromatic rings. The van der Waals surface area contributed by atoms with Gasteiger partial charge in [-0.25, -0.2) is 4.39 Å². The molecule has 1 unspecified atom stereocenters. The van der Waals surface area contributed by atoms with Crippen molar-refractivity contribution >= 4 is 11.6 Å². The predicted molar refractivity (Wildman–Crippen MR) is 85.4 cm³/mol. The third-order valence-corrected chi connectivity index (χ3v) is 4.90. The number of rotatable bonds is 7. The zero-order valence-electron chi connectivity index (χ0n) is 13.1. The van der Waals surface area contributed by atoms with Crippen LogP contribution in [0.15, 0.2) is 12.1 Å². The first-order valence-electron chi connectivity index (χ1n) is 7.75. The van der Waals surface area contributed by atoms with Gasteiger partial charge in [0.2, 0.25) is 0 Å². The quantitative estimate of drug-likeness (QED) is 0.781. The molecule has 0 radical (unpaired) electrons. The van der Waals surface area contributed by atoms with Crippen molar-refractivity contribution in [2.75, 3.05) is 13.7 Å². The van der Waals surface area contributed by atoms with Gasteiger partial charge in [0.05, 0.1) is 5.60 Å². The van der Waals surface area contributed by atoms with Gasteiger partial charge >= 0.3 is 0 Å².